The molecule has 0 N–H and O–H groups in total. The second kappa shape index (κ2) is 15.5. The Morgan fingerprint density at radius 2 is 1.35 bits per heavy atom. The van der Waals surface area contributed by atoms with Crippen molar-refractivity contribution >= 4 is 23.6 Å². The number of hydrogen-bond donors (Lipinski definition) is 0. The second-order valence-electron chi connectivity index (χ2n) is 5.34. The molecule has 10 heteroatoms. The Hall–Kier alpha value is -0.596. The van der Waals surface area contributed by atoms with Gasteiger partial charge in [0.1, 0.15) is 0 Å². The van der Waals surface area contributed by atoms with Crippen LogP contribution >= 0.6 is 0 Å². The van der Waals surface area contributed by atoms with Crippen molar-refractivity contribution in [3.05, 3.63) is 12.2 Å². The van der Waals surface area contributed by atoms with Crippen LogP contribution in [0.4, 0.5) is 0 Å². The highest BCUT2D eigenvalue weighted by Crippen LogP contribution is 2.16. The molecule has 0 unspecified atom stereocenters. The molecule has 0 rings (SSSR count). The SMILES string of the molecule is C=C(C)C(=O)OCCC[Si](C)(OCC)OCC.CO[Si](OC)(OC)OC. The van der Waals surface area contributed by atoms with Crippen molar-refractivity contribution in [3.8, 4) is 0 Å². The average molecular weight is 413 g/mol. The molecule has 0 amide bonds. The molecule has 0 aliphatic carbocycles. The highest BCUT2D eigenvalue weighted by molar-refractivity contribution is 6.66. The molecule has 0 radical (unpaired) electrons. The molecule has 0 bridgehead atoms. The fraction of sp³-hybridized carbons (Fsp3) is 0.812. The van der Waals surface area contributed by atoms with Crippen molar-refractivity contribution in [3.63, 3.8) is 0 Å². The Morgan fingerprint density at radius 1 is 0.923 bits per heavy atom. The summed E-state index contributed by atoms with van der Waals surface area (Å²) >= 11 is 0. The van der Waals surface area contributed by atoms with E-state index >= 15 is 0 Å². The van der Waals surface area contributed by atoms with Crippen molar-refractivity contribution in [1.29, 1.82) is 0 Å². The standard InChI is InChI=1S/C12H24O4Si.C4H12O4Si/c1-6-15-17(5,16-7-2)10-8-9-14-12(13)11(3)4;1-5-9(6-2,7-3)8-4/h3,6-10H2,1-2,4-5H3;1-4H3. The van der Waals surface area contributed by atoms with E-state index in [1.807, 2.05) is 20.4 Å². The maximum atomic E-state index is 11.1. The van der Waals surface area contributed by atoms with E-state index in [1.165, 1.54) is 28.4 Å². The molecule has 0 aliphatic heterocycles. The molecule has 0 saturated carbocycles. The predicted molar refractivity (Wildman–Crippen MR) is 104 cm³/mol. The van der Waals surface area contributed by atoms with Crippen LogP contribution in [0.15, 0.2) is 12.2 Å². The zero-order valence-electron chi connectivity index (χ0n) is 17.5. The Balaban J connectivity index is 0. The summed E-state index contributed by atoms with van der Waals surface area (Å²) in [4.78, 5) is 11.1. The summed E-state index contributed by atoms with van der Waals surface area (Å²) < 4.78 is 35.8. The van der Waals surface area contributed by atoms with Crippen molar-refractivity contribution < 1.29 is 36.1 Å². The molecule has 0 heterocycles. The zero-order valence-corrected chi connectivity index (χ0v) is 19.5. The van der Waals surface area contributed by atoms with E-state index in [0.717, 1.165) is 12.5 Å². The maximum Gasteiger partial charge on any atom is 0.678 e. The van der Waals surface area contributed by atoms with Crippen LogP contribution in [0, 0.1) is 0 Å². The fourth-order valence-electron chi connectivity index (χ4n) is 1.98. The van der Waals surface area contributed by atoms with Gasteiger partial charge in [-0.3, -0.25) is 0 Å². The molecule has 156 valence electrons. The average Bonchev–Trinajstić information content (AvgIpc) is 2.62. The lowest BCUT2D eigenvalue weighted by atomic mass is 10.4. The van der Waals surface area contributed by atoms with E-state index in [2.05, 4.69) is 6.58 Å². The summed E-state index contributed by atoms with van der Waals surface area (Å²) in [6, 6.07) is 0.831. The summed E-state index contributed by atoms with van der Waals surface area (Å²) in [5, 5.41) is 0. The molecule has 0 saturated heterocycles. The fourth-order valence-corrected chi connectivity index (χ4v) is 5.36. The van der Waals surface area contributed by atoms with Gasteiger partial charge in [-0.1, -0.05) is 6.58 Å². The molecule has 0 atom stereocenters. The van der Waals surface area contributed by atoms with Gasteiger partial charge in [-0.15, -0.1) is 0 Å². The van der Waals surface area contributed by atoms with E-state index in [0.29, 0.717) is 25.4 Å². The van der Waals surface area contributed by atoms with Gasteiger partial charge in [0.25, 0.3) is 0 Å². The number of rotatable bonds is 13. The predicted octanol–water partition coefficient (Wildman–Crippen LogP) is 2.65. The van der Waals surface area contributed by atoms with Gasteiger partial charge in [0, 0.05) is 47.2 Å². The van der Waals surface area contributed by atoms with E-state index in [-0.39, 0.29) is 5.97 Å². The number of hydrogen-bond acceptors (Lipinski definition) is 8. The topological polar surface area (TPSA) is 81.7 Å². The van der Waals surface area contributed by atoms with Gasteiger partial charge >= 0.3 is 23.6 Å². The first kappa shape index (κ1) is 27.6. The van der Waals surface area contributed by atoms with E-state index < -0.39 is 17.6 Å². The quantitative estimate of drug-likeness (QED) is 0.198. The van der Waals surface area contributed by atoms with Crippen LogP contribution in [-0.2, 0) is 36.1 Å². The Bertz CT molecular complexity index is 365. The van der Waals surface area contributed by atoms with Gasteiger partial charge in [0.2, 0.25) is 0 Å². The highest BCUT2D eigenvalue weighted by atomic mass is 28.4. The number of carbonyl (C=O) groups excluding carboxylic acids is 1. The van der Waals surface area contributed by atoms with E-state index in [4.69, 9.17) is 31.3 Å². The normalized spacial score (nSPS) is 11.5. The Labute approximate surface area is 160 Å². The van der Waals surface area contributed by atoms with Gasteiger partial charge in [0.15, 0.2) is 0 Å². The van der Waals surface area contributed by atoms with Gasteiger partial charge in [0.05, 0.1) is 6.61 Å². The van der Waals surface area contributed by atoms with Gasteiger partial charge in [-0.05, 0) is 39.8 Å². The molecule has 0 aromatic carbocycles. The largest absolute Gasteiger partial charge is 0.678 e. The summed E-state index contributed by atoms with van der Waals surface area (Å²) in [6.07, 6.45) is 0.766. The van der Waals surface area contributed by atoms with Gasteiger partial charge in [-0.2, -0.15) is 0 Å². The Kier molecular flexibility index (Phi) is 16.4. The third-order valence-corrected chi connectivity index (χ3v) is 8.32. The monoisotopic (exact) mass is 412 g/mol. The lowest BCUT2D eigenvalue weighted by Gasteiger charge is -2.25. The van der Waals surface area contributed by atoms with Crippen LogP contribution in [0.2, 0.25) is 12.6 Å². The molecule has 8 nitrogen and oxygen atoms in total. The zero-order chi connectivity index (χ0) is 20.6. The smallest absolute Gasteiger partial charge is 0.462 e. The van der Waals surface area contributed by atoms with Crippen LogP contribution < -0.4 is 0 Å². The number of ether oxygens (including phenoxy) is 1. The minimum Gasteiger partial charge on any atom is -0.462 e. The van der Waals surface area contributed by atoms with Crippen LogP contribution in [-0.4, -0.2) is 71.8 Å². The van der Waals surface area contributed by atoms with Crippen LogP contribution in [0.25, 0.3) is 0 Å². The minimum atomic E-state index is -2.69. The van der Waals surface area contributed by atoms with Crippen LogP contribution in [0.3, 0.4) is 0 Å². The lowest BCUT2D eigenvalue weighted by Crippen LogP contribution is -2.45. The molecule has 26 heavy (non-hydrogen) atoms. The van der Waals surface area contributed by atoms with E-state index in [1.54, 1.807) is 6.92 Å². The summed E-state index contributed by atoms with van der Waals surface area (Å²) in [7, 11) is 1.20. The molecule has 0 aromatic rings. The van der Waals surface area contributed by atoms with Gasteiger partial charge in [-0.25, -0.2) is 4.79 Å². The first-order valence-electron chi connectivity index (χ1n) is 8.50. The Morgan fingerprint density at radius 3 is 1.62 bits per heavy atom. The van der Waals surface area contributed by atoms with Crippen LogP contribution in [0.1, 0.15) is 27.2 Å². The molecule has 0 fully saturated rings. The molecular weight excluding hydrogens is 376 g/mol. The van der Waals surface area contributed by atoms with Crippen molar-refractivity contribution in [2.24, 2.45) is 0 Å². The first-order valence-corrected chi connectivity index (χ1v) is 12.7. The third-order valence-electron chi connectivity index (χ3n) is 3.26. The molecular formula is C16H36O8Si2. The molecule has 0 spiro atoms. The van der Waals surface area contributed by atoms with Crippen molar-refractivity contribution in [2.75, 3.05) is 48.3 Å². The highest BCUT2D eigenvalue weighted by Gasteiger charge is 2.40. The third kappa shape index (κ3) is 11.9. The van der Waals surface area contributed by atoms with Crippen molar-refractivity contribution in [1.82, 2.24) is 0 Å². The molecule has 0 aromatic heterocycles. The second-order valence-corrected chi connectivity index (χ2v) is 11.3. The number of esters is 1. The lowest BCUT2D eigenvalue weighted by molar-refractivity contribution is -0.138. The summed E-state index contributed by atoms with van der Waals surface area (Å²) in [6.45, 7) is 12.9. The van der Waals surface area contributed by atoms with Gasteiger partial charge < -0.3 is 31.3 Å². The minimum absolute atomic E-state index is 0.332. The maximum absolute atomic E-state index is 11.1. The number of carbonyl (C=O) groups is 1. The first-order chi connectivity index (χ1) is 12.2. The molecule has 0 aliphatic rings. The summed E-state index contributed by atoms with van der Waals surface area (Å²) in [5.74, 6) is -0.332. The van der Waals surface area contributed by atoms with E-state index in [9.17, 15) is 4.79 Å². The summed E-state index contributed by atoms with van der Waals surface area (Å²) in [5.41, 5.74) is 0.430. The van der Waals surface area contributed by atoms with Crippen LogP contribution in [0.5, 0.6) is 0 Å². The van der Waals surface area contributed by atoms with Crippen molar-refractivity contribution in [2.45, 2.75) is 39.8 Å².